The molecule has 0 aliphatic carbocycles. The average molecular weight is 196 g/mol. The van der Waals surface area contributed by atoms with Crippen molar-refractivity contribution in [2.24, 2.45) is 0 Å². The summed E-state index contributed by atoms with van der Waals surface area (Å²) in [5.74, 6) is 0.965. The fraction of sp³-hybridized carbons (Fsp3) is 0.500. The Bertz CT molecular complexity index is 305. The van der Waals surface area contributed by atoms with Gasteiger partial charge in [-0.05, 0) is 33.0 Å². The summed E-state index contributed by atoms with van der Waals surface area (Å²) in [7, 11) is 1.83. The molecule has 2 N–H and O–H groups in total. The molecule has 4 nitrogen and oxygen atoms in total. The van der Waals surface area contributed by atoms with Gasteiger partial charge in [-0.15, -0.1) is 0 Å². The van der Waals surface area contributed by atoms with Crippen LogP contribution in [0.1, 0.15) is 30.2 Å². The standard InChI is InChI=1S/C10H16N2O2/c1-7(2)12-10(13)9-5-4-8(14-9)6-11-3/h4-5,7,11H,6H2,1-3H3,(H,12,13). The Morgan fingerprint density at radius 3 is 2.79 bits per heavy atom. The number of hydrogen-bond acceptors (Lipinski definition) is 3. The molecule has 1 heterocycles. The van der Waals surface area contributed by atoms with Gasteiger partial charge in [-0.25, -0.2) is 0 Å². The van der Waals surface area contributed by atoms with E-state index in [1.54, 1.807) is 12.1 Å². The van der Waals surface area contributed by atoms with Crippen molar-refractivity contribution in [1.29, 1.82) is 0 Å². The molecule has 1 aromatic heterocycles. The van der Waals surface area contributed by atoms with E-state index < -0.39 is 0 Å². The van der Waals surface area contributed by atoms with Crippen LogP contribution in [0.5, 0.6) is 0 Å². The van der Waals surface area contributed by atoms with Crippen LogP contribution in [0.15, 0.2) is 16.5 Å². The van der Waals surface area contributed by atoms with E-state index in [1.807, 2.05) is 20.9 Å². The molecule has 78 valence electrons. The Hall–Kier alpha value is -1.29. The second kappa shape index (κ2) is 4.81. The van der Waals surface area contributed by atoms with E-state index in [4.69, 9.17) is 4.42 Å². The maximum Gasteiger partial charge on any atom is 0.287 e. The Balaban J connectivity index is 2.62. The van der Waals surface area contributed by atoms with E-state index >= 15 is 0 Å². The number of amides is 1. The van der Waals surface area contributed by atoms with Gasteiger partial charge in [-0.1, -0.05) is 0 Å². The summed E-state index contributed by atoms with van der Waals surface area (Å²) in [6, 6.07) is 3.61. The molecule has 14 heavy (non-hydrogen) atoms. The molecule has 0 unspecified atom stereocenters. The van der Waals surface area contributed by atoms with Crippen LogP contribution < -0.4 is 10.6 Å². The molecule has 0 spiro atoms. The summed E-state index contributed by atoms with van der Waals surface area (Å²) in [6.07, 6.45) is 0. The summed E-state index contributed by atoms with van der Waals surface area (Å²) in [4.78, 5) is 11.4. The van der Waals surface area contributed by atoms with Gasteiger partial charge in [0.2, 0.25) is 0 Å². The van der Waals surface area contributed by atoms with Gasteiger partial charge in [0.15, 0.2) is 5.76 Å². The van der Waals surface area contributed by atoms with Gasteiger partial charge in [0.25, 0.3) is 5.91 Å². The number of rotatable bonds is 4. The number of furan rings is 1. The van der Waals surface area contributed by atoms with Crippen LogP contribution in [0.3, 0.4) is 0 Å². The van der Waals surface area contributed by atoms with Gasteiger partial charge < -0.3 is 15.1 Å². The summed E-state index contributed by atoms with van der Waals surface area (Å²) in [5.41, 5.74) is 0. The zero-order valence-corrected chi connectivity index (χ0v) is 8.76. The van der Waals surface area contributed by atoms with E-state index in [0.717, 1.165) is 5.76 Å². The molecule has 0 fully saturated rings. The number of nitrogens with one attached hydrogen (secondary N) is 2. The van der Waals surface area contributed by atoms with E-state index in [2.05, 4.69) is 10.6 Å². The third kappa shape index (κ3) is 2.88. The first-order valence-corrected chi connectivity index (χ1v) is 4.67. The molecular formula is C10H16N2O2. The van der Waals surface area contributed by atoms with E-state index in [9.17, 15) is 4.79 Å². The zero-order chi connectivity index (χ0) is 10.6. The lowest BCUT2D eigenvalue weighted by Gasteiger charge is -2.05. The van der Waals surface area contributed by atoms with E-state index in [0.29, 0.717) is 12.3 Å². The quantitative estimate of drug-likeness (QED) is 0.759. The van der Waals surface area contributed by atoms with Crippen LogP contribution in [0.4, 0.5) is 0 Å². The lowest BCUT2D eigenvalue weighted by Crippen LogP contribution is -2.29. The average Bonchev–Trinajstić information content (AvgIpc) is 2.52. The highest BCUT2D eigenvalue weighted by Crippen LogP contribution is 2.07. The molecule has 0 saturated heterocycles. The van der Waals surface area contributed by atoms with Crippen LogP contribution in [-0.2, 0) is 6.54 Å². The first kappa shape index (κ1) is 10.8. The van der Waals surface area contributed by atoms with Crippen molar-refractivity contribution in [3.8, 4) is 0 Å². The summed E-state index contributed by atoms with van der Waals surface area (Å²) >= 11 is 0. The highest BCUT2D eigenvalue weighted by atomic mass is 16.4. The van der Waals surface area contributed by atoms with Gasteiger partial charge in [-0.2, -0.15) is 0 Å². The van der Waals surface area contributed by atoms with E-state index in [1.165, 1.54) is 0 Å². The third-order valence-electron chi connectivity index (χ3n) is 1.66. The minimum absolute atomic E-state index is 0.125. The van der Waals surface area contributed by atoms with Crippen molar-refractivity contribution >= 4 is 5.91 Å². The molecule has 0 aliphatic heterocycles. The molecule has 0 bridgehead atoms. The normalized spacial score (nSPS) is 10.6. The molecule has 0 atom stereocenters. The lowest BCUT2D eigenvalue weighted by atomic mass is 10.3. The van der Waals surface area contributed by atoms with Gasteiger partial charge in [-0.3, -0.25) is 4.79 Å². The molecule has 1 aromatic rings. The monoisotopic (exact) mass is 196 g/mol. The van der Waals surface area contributed by atoms with Crippen molar-refractivity contribution in [3.05, 3.63) is 23.7 Å². The highest BCUT2D eigenvalue weighted by Gasteiger charge is 2.11. The first-order valence-electron chi connectivity index (χ1n) is 4.67. The Labute approximate surface area is 83.7 Å². The van der Waals surface area contributed by atoms with Crippen LogP contribution >= 0.6 is 0 Å². The number of hydrogen-bond donors (Lipinski definition) is 2. The summed E-state index contributed by atoms with van der Waals surface area (Å²) < 4.78 is 5.31. The smallest absolute Gasteiger partial charge is 0.287 e. The van der Waals surface area contributed by atoms with Gasteiger partial charge in [0.1, 0.15) is 5.76 Å². The fourth-order valence-corrected chi connectivity index (χ4v) is 1.10. The highest BCUT2D eigenvalue weighted by molar-refractivity contribution is 5.91. The molecule has 0 radical (unpaired) electrons. The topological polar surface area (TPSA) is 54.3 Å². The Kier molecular flexibility index (Phi) is 3.71. The maximum absolute atomic E-state index is 11.4. The molecular weight excluding hydrogens is 180 g/mol. The predicted molar refractivity (Wildman–Crippen MR) is 54.1 cm³/mol. The van der Waals surface area contributed by atoms with Crippen molar-refractivity contribution in [2.75, 3.05) is 7.05 Å². The zero-order valence-electron chi connectivity index (χ0n) is 8.76. The fourth-order valence-electron chi connectivity index (χ4n) is 1.10. The third-order valence-corrected chi connectivity index (χ3v) is 1.66. The maximum atomic E-state index is 11.4. The van der Waals surface area contributed by atoms with Crippen LogP contribution in [-0.4, -0.2) is 19.0 Å². The minimum atomic E-state index is -0.164. The van der Waals surface area contributed by atoms with Crippen molar-refractivity contribution in [2.45, 2.75) is 26.4 Å². The number of carbonyl (C=O) groups is 1. The molecule has 0 saturated carbocycles. The van der Waals surface area contributed by atoms with Gasteiger partial charge in [0.05, 0.1) is 6.54 Å². The van der Waals surface area contributed by atoms with Crippen LogP contribution in [0.25, 0.3) is 0 Å². The first-order chi connectivity index (χ1) is 6.63. The van der Waals surface area contributed by atoms with Crippen molar-refractivity contribution in [1.82, 2.24) is 10.6 Å². The van der Waals surface area contributed by atoms with Crippen molar-refractivity contribution < 1.29 is 9.21 Å². The van der Waals surface area contributed by atoms with Crippen LogP contribution in [0, 0.1) is 0 Å². The Morgan fingerprint density at radius 2 is 2.21 bits per heavy atom. The summed E-state index contributed by atoms with van der Waals surface area (Å²) in [5, 5.41) is 5.71. The second-order valence-corrected chi connectivity index (χ2v) is 3.42. The molecule has 1 amide bonds. The SMILES string of the molecule is CNCc1ccc(C(=O)NC(C)C)o1. The molecule has 0 aromatic carbocycles. The van der Waals surface area contributed by atoms with Crippen molar-refractivity contribution in [3.63, 3.8) is 0 Å². The van der Waals surface area contributed by atoms with Crippen LogP contribution in [0.2, 0.25) is 0 Å². The van der Waals surface area contributed by atoms with Gasteiger partial charge in [0, 0.05) is 6.04 Å². The largest absolute Gasteiger partial charge is 0.455 e. The summed E-state index contributed by atoms with van der Waals surface area (Å²) in [6.45, 7) is 4.46. The minimum Gasteiger partial charge on any atom is -0.455 e. The number of carbonyl (C=O) groups excluding carboxylic acids is 1. The Morgan fingerprint density at radius 1 is 1.50 bits per heavy atom. The predicted octanol–water partition coefficient (Wildman–Crippen LogP) is 1.14. The lowest BCUT2D eigenvalue weighted by molar-refractivity contribution is 0.0913. The van der Waals surface area contributed by atoms with E-state index in [-0.39, 0.29) is 11.9 Å². The molecule has 0 aliphatic rings. The van der Waals surface area contributed by atoms with Gasteiger partial charge >= 0.3 is 0 Å². The second-order valence-electron chi connectivity index (χ2n) is 3.42. The molecule has 1 rings (SSSR count). The molecule has 4 heteroatoms.